The lowest BCUT2D eigenvalue weighted by atomic mass is 10.3. The Morgan fingerprint density at radius 3 is 1.28 bits per heavy atom. The highest BCUT2D eigenvalue weighted by Gasteiger charge is 2.30. The topological polar surface area (TPSA) is 287 Å². The van der Waals surface area contributed by atoms with Crippen LogP contribution in [0.1, 0.15) is 0 Å². The van der Waals surface area contributed by atoms with Crippen molar-refractivity contribution in [1.82, 2.24) is 0 Å². The number of amidine groups is 2. The Kier molecular flexibility index (Phi) is 9.17. The first-order valence-electron chi connectivity index (χ1n) is 9.35. The van der Waals surface area contributed by atoms with Gasteiger partial charge in [0.15, 0.2) is 0 Å². The van der Waals surface area contributed by atoms with Gasteiger partial charge in [-0.25, -0.2) is 27.1 Å². The van der Waals surface area contributed by atoms with E-state index in [1.165, 1.54) is 14.2 Å². The minimum atomic E-state index is -4.14. The predicted molar refractivity (Wildman–Crippen MR) is 140 cm³/mol. The maximum absolute atomic E-state index is 11.8. The molecule has 23 heteroatoms. The van der Waals surface area contributed by atoms with Crippen molar-refractivity contribution in [3.05, 3.63) is 34.3 Å². The van der Waals surface area contributed by atoms with Crippen LogP contribution in [0.25, 0.3) is 0 Å². The Morgan fingerprint density at radius 2 is 1.03 bits per heavy atom. The Hall–Kier alpha value is -2.76. The lowest BCUT2D eigenvalue weighted by Gasteiger charge is -2.17. The average Bonchev–Trinajstić information content (AvgIpc) is 2.75. The number of rotatable bonds is 2. The molecule has 0 spiro atoms. The van der Waals surface area contributed by atoms with Crippen molar-refractivity contribution in [3.63, 3.8) is 0 Å². The first-order valence-corrected chi connectivity index (χ1v) is 16.1. The van der Waals surface area contributed by atoms with Crippen LogP contribution < -0.4 is 20.9 Å². The normalized spacial score (nSPS) is 16.7. The van der Waals surface area contributed by atoms with Gasteiger partial charge in [-0.1, -0.05) is 23.2 Å². The number of nitrogens with zero attached hydrogens (tertiary/aromatic N) is 2. The monoisotopic (exact) mass is 668 g/mol. The number of sulfonamides is 4. The number of nitrogens with two attached hydrogens (primary N) is 2. The number of hydrogen-bond donors (Lipinski definition) is 4. The first kappa shape index (κ1) is 32.5. The second-order valence-electron chi connectivity index (χ2n) is 7.05. The van der Waals surface area contributed by atoms with Gasteiger partial charge in [0.1, 0.15) is 19.6 Å². The maximum atomic E-state index is 11.8. The average molecular weight is 670 g/mol. The van der Waals surface area contributed by atoms with Crippen LogP contribution in [0.3, 0.4) is 0 Å². The van der Waals surface area contributed by atoms with Crippen LogP contribution in [0.5, 0.6) is 0 Å². The zero-order valence-electron chi connectivity index (χ0n) is 19.3. The number of primary sulfonamides is 2. The first-order chi connectivity index (χ1) is 17.3. The number of anilines is 2. The fraction of sp³-hybridized carbons (Fsp3) is 0.125. The summed E-state index contributed by atoms with van der Waals surface area (Å²) in [5.74, 6) is 0. The summed E-state index contributed by atoms with van der Waals surface area (Å²) in [7, 11) is -14.0. The molecule has 0 saturated heterocycles. The summed E-state index contributed by atoms with van der Waals surface area (Å²) in [6, 6.07) is 3.47. The molecule has 17 nitrogen and oxygen atoms in total. The summed E-state index contributed by atoms with van der Waals surface area (Å²) in [6.07, 6.45) is 0. The molecule has 2 heterocycles. The van der Waals surface area contributed by atoms with Crippen LogP contribution in [0.2, 0.25) is 10.0 Å². The molecule has 0 aromatic heterocycles. The zero-order valence-corrected chi connectivity index (χ0v) is 24.1. The molecule has 4 rings (SSSR count). The zero-order chi connectivity index (χ0) is 28.8. The number of halogens is 2. The van der Waals surface area contributed by atoms with Crippen molar-refractivity contribution in [1.29, 1.82) is 0 Å². The van der Waals surface area contributed by atoms with Crippen LogP contribution in [0.4, 0.5) is 11.4 Å². The van der Waals surface area contributed by atoms with E-state index in [2.05, 4.69) is 19.4 Å². The van der Waals surface area contributed by atoms with E-state index in [0.29, 0.717) is 0 Å². The van der Waals surface area contributed by atoms with Crippen molar-refractivity contribution >= 4 is 86.7 Å². The third-order valence-electron chi connectivity index (χ3n) is 4.51. The highest BCUT2D eigenvalue weighted by atomic mass is 35.5. The number of ether oxygens (including phenoxy) is 2. The SMILES string of the molecule is COC1=NS(=O)(=O)c2cc(S(N)(=O)=O)c(Cl)cc2N1.COC1=NS(=O)(=O)c2cc(S(N)(=O)=O)c(Cl)cc2N1.O. The molecule has 0 unspecified atom stereocenters. The van der Waals surface area contributed by atoms with Crippen molar-refractivity contribution in [2.75, 3.05) is 24.9 Å². The van der Waals surface area contributed by atoms with Crippen LogP contribution in [-0.2, 0) is 49.6 Å². The van der Waals surface area contributed by atoms with Crippen molar-refractivity contribution in [2.45, 2.75) is 19.6 Å². The molecule has 0 radical (unpaired) electrons. The summed E-state index contributed by atoms with van der Waals surface area (Å²) in [5, 5.41) is 14.6. The lowest BCUT2D eigenvalue weighted by Crippen LogP contribution is -2.23. The number of methoxy groups -OCH3 is 2. The molecule has 0 saturated carbocycles. The molecule has 0 fully saturated rings. The molecule has 2 aromatic carbocycles. The smallest absolute Gasteiger partial charge is 0.305 e. The van der Waals surface area contributed by atoms with Crippen molar-refractivity contribution in [3.8, 4) is 0 Å². The van der Waals surface area contributed by atoms with E-state index in [9.17, 15) is 33.7 Å². The van der Waals surface area contributed by atoms with Gasteiger partial charge >= 0.3 is 12.0 Å². The highest BCUT2D eigenvalue weighted by molar-refractivity contribution is 7.91. The van der Waals surface area contributed by atoms with E-state index in [1.54, 1.807) is 0 Å². The summed E-state index contributed by atoms with van der Waals surface area (Å²) in [5.41, 5.74) is 0.119. The molecule has 0 amide bonds. The quantitative estimate of drug-likeness (QED) is 0.311. The number of benzene rings is 2. The lowest BCUT2D eigenvalue weighted by molar-refractivity contribution is 0.401. The van der Waals surface area contributed by atoms with E-state index >= 15 is 0 Å². The van der Waals surface area contributed by atoms with Gasteiger partial charge in [-0.05, 0) is 24.3 Å². The number of fused-ring (bicyclic) bond motifs is 2. The Balaban J connectivity index is 0.000000267. The van der Waals surface area contributed by atoms with Gasteiger partial charge in [0.25, 0.3) is 20.0 Å². The summed E-state index contributed by atoms with van der Waals surface area (Å²) < 4.78 is 109. The van der Waals surface area contributed by atoms with Gasteiger partial charge in [-0.15, -0.1) is 8.80 Å². The van der Waals surface area contributed by atoms with E-state index in [1.807, 2.05) is 0 Å². The molecular formula is C16H18Cl2N6O11S4. The summed E-state index contributed by atoms with van der Waals surface area (Å²) in [4.78, 5) is -1.67. The molecule has 2 aromatic rings. The molecule has 8 N–H and O–H groups in total. The second kappa shape index (κ2) is 11.0. The van der Waals surface area contributed by atoms with Gasteiger partial charge in [-0.2, -0.15) is 16.8 Å². The number of hydrogen-bond acceptors (Lipinski definition) is 12. The third kappa shape index (κ3) is 6.88. The maximum Gasteiger partial charge on any atom is 0.305 e. The van der Waals surface area contributed by atoms with E-state index in [-0.39, 0.29) is 48.7 Å². The molecule has 0 aliphatic carbocycles. The minimum Gasteiger partial charge on any atom is -0.468 e. The minimum absolute atomic E-state index is 0. The molecule has 0 bridgehead atoms. The Labute approximate surface area is 232 Å². The molecule has 2 aliphatic heterocycles. The largest absolute Gasteiger partial charge is 0.468 e. The standard InChI is InChI=1S/2C8H8ClN3O5S2.H2O/c2*1-17-8-11-5-2-4(9)6(18(10,13)14)3-7(5)19(15,16)12-8;/h2*2-3H,1H3,(H,11,12)(H2,10,13,14);1H2. The van der Waals surface area contributed by atoms with Crippen molar-refractivity contribution < 1.29 is 48.6 Å². The Morgan fingerprint density at radius 1 is 0.718 bits per heavy atom. The summed E-state index contributed by atoms with van der Waals surface area (Å²) in [6.45, 7) is 0. The van der Waals surface area contributed by atoms with Gasteiger partial charge in [0.05, 0.1) is 35.6 Å². The second-order valence-corrected chi connectivity index (χ2v) is 14.1. The van der Waals surface area contributed by atoms with Gasteiger partial charge in [-0.3, -0.25) is 0 Å². The predicted octanol–water partition coefficient (Wildman–Crippen LogP) is -0.617. The van der Waals surface area contributed by atoms with Gasteiger partial charge in [0, 0.05) is 0 Å². The highest BCUT2D eigenvalue weighted by Crippen LogP contribution is 2.35. The van der Waals surface area contributed by atoms with Crippen LogP contribution in [0, 0.1) is 0 Å². The van der Waals surface area contributed by atoms with E-state index in [4.69, 9.17) is 43.0 Å². The van der Waals surface area contributed by atoms with Gasteiger partial charge in [0.2, 0.25) is 20.0 Å². The van der Waals surface area contributed by atoms with Gasteiger partial charge < -0.3 is 25.6 Å². The molecule has 0 atom stereocenters. The molecular weight excluding hydrogens is 651 g/mol. The van der Waals surface area contributed by atoms with Crippen LogP contribution in [-0.4, -0.2) is 65.4 Å². The molecule has 39 heavy (non-hydrogen) atoms. The molecule has 216 valence electrons. The molecule has 2 aliphatic rings. The summed E-state index contributed by atoms with van der Waals surface area (Å²) >= 11 is 11.5. The van der Waals surface area contributed by atoms with Crippen LogP contribution >= 0.6 is 23.2 Å². The fourth-order valence-electron chi connectivity index (χ4n) is 2.90. The Bertz CT molecular complexity index is 1710. The third-order valence-corrected chi connectivity index (χ3v) is 9.86. The van der Waals surface area contributed by atoms with Crippen molar-refractivity contribution in [2.24, 2.45) is 19.1 Å². The van der Waals surface area contributed by atoms with Crippen LogP contribution in [0.15, 0.2) is 52.6 Å². The van der Waals surface area contributed by atoms with E-state index in [0.717, 1.165) is 24.3 Å². The number of nitrogens with one attached hydrogen (secondary N) is 2. The fourth-order valence-corrected chi connectivity index (χ4v) is 7.43. The van der Waals surface area contributed by atoms with E-state index < -0.39 is 49.9 Å².